The quantitative estimate of drug-likeness (QED) is 0.729. The van der Waals surface area contributed by atoms with Gasteiger partial charge >= 0.3 is 0 Å². The lowest BCUT2D eigenvalue weighted by Gasteiger charge is -2.34. The molecule has 0 aromatic rings. The number of likely N-dealkylation sites (tertiary alicyclic amines) is 1. The molecule has 94 valence electrons. The Morgan fingerprint density at radius 3 is 3.00 bits per heavy atom. The molecule has 0 aromatic heterocycles. The monoisotopic (exact) mass is 228 g/mol. The molecule has 1 amide bonds. The Kier molecular flexibility index (Phi) is 5.77. The molecule has 1 fully saturated rings. The Morgan fingerprint density at radius 2 is 2.38 bits per heavy atom. The van der Waals surface area contributed by atoms with Crippen molar-refractivity contribution in [3.8, 4) is 0 Å². The number of carbonyl (C=O) groups excluding carboxylic acids is 1. The number of nitrogens with zero attached hydrogens (tertiary/aromatic N) is 1. The molecule has 1 aliphatic heterocycles. The third-order valence-electron chi connectivity index (χ3n) is 3.28. The second-order valence-electron chi connectivity index (χ2n) is 4.70. The van der Waals surface area contributed by atoms with Crippen LogP contribution in [0.3, 0.4) is 0 Å². The van der Waals surface area contributed by atoms with Gasteiger partial charge in [-0.1, -0.05) is 13.3 Å². The lowest BCUT2D eigenvalue weighted by Crippen LogP contribution is -2.48. The van der Waals surface area contributed by atoms with Gasteiger partial charge in [0, 0.05) is 19.7 Å². The standard InChI is InChI=1S/C12H24N2O2/c1-2-4-11(13)12(16)14-7-3-5-10(9-14)6-8-15/h10-11,15H,2-9,13H2,1H3/t10?,11-/m1/s1. The molecule has 16 heavy (non-hydrogen) atoms. The van der Waals surface area contributed by atoms with Crippen molar-refractivity contribution in [1.29, 1.82) is 0 Å². The molecular formula is C12H24N2O2. The molecule has 1 saturated heterocycles. The van der Waals surface area contributed by atoms with E-state index in [0.717, 1.165) is 45.2 Å². The fourth-order valence-corrected chi connectivity index (χ4v) is 2.35. The van der Waals surface area contributed by atoms with Gasteiger partial charge in [-0.3, -0.25) is 4.79 Å². The molecule has 3 N–H and O–H groups in total. The Balaban J connectivity index is 2.43. The van der Waals surface area contributed by atoms with Crippen molar-refractivity contribution in [2.24, 2.45) is 11.7 Å². The number of aliphatic hydroxyl groups excluding tert-OH is 1. The summed E-state index contributed by atoms with van der Waals surface area (Å²) in [7, 11) is 0. The molecule has 0 saturated carbocycles. The van der Waals surface area contributed by atoms with Gasteiger partial charge < -0.3 is 15.7 Å². The Bertz CT molecular complexity index is 219. The van der Waals surface area contributed by atoms with Crippen molar-refractivity contribution in [3.05, 3.63) is 0 Å². The summed E-state index contributed by atoms with van der Waals surface area (Å²) in [6.07, 6.45) is 4.66. The van der Waals surface area contributed by atoms with Gasteiger partial charge in [0.05, 0.1) is 6.04 Å². The Hall–Kier alpha value is -0.610. The van der Waals surface area contributed by atoms with Crippen LogP contribution in [-0.4, -0.2) is 41.7 Å². The van der Waals surface area contributed by atoms with E-state index in [1.807, 2.05) is 11.8 Å². The van der Waals surface area contributed by atoms with Crippen molar-refractivity contribution in [2.45, 2.75) is 45.1 Å². The molecule has 1 heterocycles. The Morgan fingerprint density at radius 1 is 1.62 bits per heavy atom. The van der Waals surface area contributed by atoms with E-state index in [9.17, 15) is 4.79 Å². The first-order valence-corrected chi connectivity index (χ1v) is 6.34. The first kappa shape index (κ1) is 13.5. The average Bonchev–Trinajstić information content (AvgIpc) is 2.29. The zero-order valence-electron chi connectivity index (χ0n) is 10.2. The number of amides is 1. The SMILES string of the molecule is CCC[C@@H](N)C(=O)N1CCCC(CCO)C1. The summed E-state index contributed by atoms with van der Waals surface area (Å²) in [6.45, 7) is 3.86. The summed E-state index contributed by atoms with van der Waals surface area (Å²) in [5.41, 5.74) is 5.84. The molecular weight excluding hydrogens is 204 g/mol. The molecule has 1 rings (SSSR count). The molecule has 1 aliphatic rings. The van der Waals surface area contributed by atoms with Gasteiger partial charge in [-0.15, -0.1) is 0 Å². The number of aliphatic hydroxyl groups is 1. The van der Waals surface area contributed by atoms with Gasteiger partial charge in [-0.2, -0.15) is 0 Å². The fourth-order valence-electron chi connectivity index (χ4n) is 2.35. The molecule has 0 radical (unpaired) electrons. The molecule has 0 aromatic carbocycles. The highest BCUT2D eigenvalue weighted by molar-refractivity contribution is 5.81. The van der Waals surface area contributed by atoms with Gasteiger partial charge in [-0.05, 0) is 31.6 Å². The van der Waals surface area contributed by atoms with Gasteiger partial charge in [0.2, 0.25) is 5.91 Å². The molecule has 0 bridgehead atoms. The number of nitrogens with two attached hydrogens (primary N) is 1. The third-order valence-corrected chi connectivity index (χ3v) is 3.28. The van der Waals surface area contributed by atoms with E-state index in [1.54, 1.807) is 0 Å². The van der Waals surface area contributed by atoms with Crippen LogP contribution in [0.1, 0.15) is 39.0 Å². The number of piperidine rings is 1. The molecule has 1 unspecified atom stereocenters. The van der Waals surface area contributed by atoms with E-state index >= 15 is 0 Å². The fraction of sp³-hybridized carbons (Fsp3) is 0.917. The summed E-state index contributed by atoms with van der Waals surface area (Å²) in [4.78, 5) is 13.9. The maximum absolute atomic E-state index is 12.0. The van der Waals surface area contributed by atoms with Crippen LogP contribution >= 0.6 is 0 Å². The molecule has 4 heteroatoms. The first-order valence-electron chi connectivity index (χ1n) is 6.34. The van der Waals surface area contributed by atoms with Crippen LogP contribution in [0.2, 0.25) is 0 Å². The maximum atomic E-state index is 12.0. The lowest BCUT2D eigenvalue weighted by atomic mass is 9.94. The van der Waals surface area contributed by atoms with Crippen LogP contribution < -0.4 is 5.73 Å². The van der Waals surface area contributed by atoms with Gasteiger partial charge in [0.25, 0.3) is 0 Å². The number of carbonyl (C=O) groups is 1. The first-order chi connectivity index (χ1) is 7.69. The van der Waals surface area contributed by atoms with Gasteiger partial charge in [0.1, 0.15) is 0 Å². The summed E-state index contributed by atoms with van der Waals surface area (Å²) >= 11 is 0. The zero-order chi connectivity index (χ0) is 12.0. The van der Waals surface area contributed by atoms with Crippen LogP contribution in [0, 0.1) is 5.92 Å². The van der Waals surface area contributed by atoms with E-state index in [0.29, 0.717) is 5.92 Å². The minimum Gasteiger partial charge on any atom is -0.396 e. The van der Waals surface area contributed by atoms with Crippen LogP contribution in [0.15, 0.2) is 0 Å². The van der Waals surface area contributed by atoms with Crippen molar-refractivity contribution in [3.63, 3.8) is 0 Å². The number of rotatable bonds is 5. The molecule has 2 atom stereocenters. The summed E-state index contributed by atoms with van der Waals surface area (Å²) in [5, 5.41) is 8.91. The van der Waals surface area contributed by atoms with Crippen LogP contribution in [0.4, 0.5) is 0 Å². The topological polar surface area (TPSA) is 66.6 Å². The normalized spacial score (nSPS) is 23.2. The summed E-state index contributed by atoms with van der Waals surface area (Å²) < 4.78 is 0. The van der Waals surface area contributed by atoms with Crippen molar-refractivity contribution >= 4 is 5.91 Å². The van der Waals surface area contributed by atoms with E-state index < -0.39 is 0 Å². The predicted molar refractivity (Wildman–Crippen MR) is 63.9 cm³/mol. The van der Waals surface area contributed by atoms with E-state index in [2.05, 4.69) is 0 Å². The predicted octanol–water partition coefficient (Wildman–Crippen LogP) is 0.735. The highest BCUT2D eigenvalue weighted by Crippen LogP contribution is 2.20. The summed E-state index contributed by atoms with van der Waals surface area (Å²) in [5.74, 6) is 0.543. The second-order valence-corrected chi connectivity index (χ2v) is 4.70. The third kappa shape index (κ3) is 3.76. The Labute approximate surface area is 97.8 Å². The average molecular weight is 228 g/mol. The smallest absolute Gasteiger partial charge is 0.239 e. The van der Waals surface area contributed by atoms with Crippen LogP contribution in [-0.2, 0) is 4.79 Å². The molecule has 4 nitrogen and oxygen atoms in total. The van der Waals surface area contributed by atoms with Gasteiger partial charge in [0.15, 0.2) is 0 Å². The zero-order valence-corrected chi connectivity index (χ0v) is 10.2. The van der Waals surface area contributed by atoms with Crippen LogP contribution in [0.25, 0.3) is 0 Å². The molecule has 0 spiro atoms. The summed E-state index contributed by atoms with van der Waals surface area (Å²) in [6, 6.07) is -0.335. The highest BCUT2D eigenvalue weighted by Gasteiger charge is 2.26. The number of hydrogen-bond acceptors (Lipinski definition) is 3. The van der Waals surface area contributed by atoms with Crippen molar-refractivity contribution in [1.82, 2.24) is 4.90 Å². The van der Waals surface area contributed by atoms with E-state index in [-0.39, 0.29) is 18.6 Å². The van der Waals surface area contributed by atoms with Crippen LogP contribution in [0.5, 0.6) is 0 Å². The second kappa shape index (κ2) is 6.86. The van der Waals surface area contributed by atoms with Crippen molar-refractivity contribution < 1.29 is 9.90 Å². The maximum Gasteiger partial charge on any atom is 0.239 e. The van der Waals surface area contributed by atoms with Crippen molar-refractivity contribution in [2.75, 3.05) is 19.7 Å². The lowest BCUT2D eigenvalue weighted by molar-refractivity contribution is -0.134. The van der Waals surface area contributed by atoms with E-state index in [4.69, 9.17) is 10.8 Å². The number of hydrogen-bond donors (Lipinski definition) is 2. The largest absolute Gasteiger partial charge is 0.396 e. The van der Waals surface area contributed by atoms with Gasteiger partial charge in [-0.25, -0.2) is 0 Å². The minimum absolute atomic E-state index is 0.0875. The minimum atomic E-state index is -0.335. The molecule has 0 aliphatic carbocycles. The van der Waals surface area contributed by atoms with E-state index in [1.165, 1.54) is 0 Å². The highest BCUT2D eigenvalue weighted by atomic mass is 16.3.